The van der Waals surface area contributed by atoms with E-state index in [1.807, 2.05) is 49.4 Å². The molecule has 0 radical (unpaired) electrons. The van der Waals surface area contributed by atoms with E-state index in [1.165, 1.54) is 0 Å². The minimum absolute atomic E-state index is 0.642. The van der Waals surface area contributed by atoms with Crippen molar-refractivity contribution in [3.05, 3.63) is 59.6 Å². The van der Waals surface area contributed by atoms with Crippen LogP contribution in [-0.2, 0) is 6.54 Å². The van der Waals surface area contributed by atoms with Gasteiger partial charge in [-0.05, 0) is 24.6 Å². The Hall–Kier alpha value is -3.13. The molecule has 23 heavy (non-hydrogen) atoms. The van der Waals surface area contributed by atoms with Gasteiger partial charge in [0.2, 0.25) is 5.95 Å². The number of aryl methyl sites for hydroxylation is 1. The molecule has 0 amide bonds. The molecule has 0 aliphatic carbocycles. The molecule has 0 saturated carbocycles. The molecule has 4 rings (SSSR count). The third kappa shape index (κ3) is 2.25. The first-order chi connectivity index (χ1) is 11.3. The number of anilines is 1. The smallest absolute Gasteiger partial charge is 0.204 e. The van der Waals surface area contributed by atoms with Crippen molar-refractivity contribution in [1.29, 1.82) is 0 Å². The van der Waals surface area contributed by atoms with Crippen molar-refractivity contribution >= 4 is 11.6 Å². The van der Waals surface area contributed by atoms with Crippen LogP contribution in [0.1, 0.15) is 5.69 Å². The normalized spacial score (nSPS) is 12.5. The summed E-state index contributed by atoms with van der Waals surface area (Å²) in [6.07, 6.45) is 0. The molecule has 1 N–H and O–H groups in total. The molecule has 0 saturated heterocycles. The molecular formula is C18H15N5. The number of fused-ring (bicyclic) bond motifs is 1. The molecule has 1 aromatic carbocycles. The van der Waals surface area contributed by atoms with E-state index in [-0.39, 0.29) is 0 Å². The third-order valence-corrected chi connectivity index (χ3v) is 3.99. The maximum atomic E-state index is 7.10. The van der Waals surface area contributed by atoms with E-state index in [9.17, 15) is 0 Å². The monoisotopic (exact) mass is 301 g/mol. The predicted octanol–water partition coefficient (Wildman–Crippen LogP) is 3.90. The average Bonchev–Trinajstić information content (AvgIpc) is 3.15. The number of nitrogens with zero attached hydrogens (tertiary/aromatic N) is 4. The second-order valence-electron chi connectivity index (χ2n) is 5.53. The SMILES string of the molecule is [C-]#[N+]c1ccc(-c2c(-c3cccc(C)n3)nc3n2CCN3)cc1. The van der Waals surface area contributed by atoms with Gasteiger partial charge in [0.05, 0.1) is 18.0 Å². The molecule has 0 atom stereocenters. The van der Waals surface area contributed by atoms with E-state index < -0.39 is 0 Å². The molecule has 0 bridgehead atoms. The molecule has 112 valence electrons. The zero-order valence-corrected chi connectivity index (χ0v) is 12.7. The van der Waals surface area contributed by atoms with Crippen molar-refractivity contribution in [3.8, 4) is 22.6 Å². The lowest BCUT2D eigenvalue weighted by molar-refractivity contribution is 0.817. The van der Waals surface area contributed by atoms with Gasteiger partial charge in [-0.3, -0.25) is 4.98 Å². The highest BCUT2D eigenvalue weighted by atomic mass is 15.3. The first-order valence-corrected chi connectivity index (χ1v) is 7.52. The van der Waals surface area contributed by atoms with Gasteiger partial charge >= 0.3 is 0 Å². The Morgan fingerprint density at radius 1 is 1.13 bits per heavy atom. The fourth-order valence-corrected chi connectivity index (χ4v) is 2.93. The van der Waals surface area contributed by atoms with Gasteiger partial charge in [0.15, 0.2) is 5.69 Å². The number of pyridine rings is 1. The van der Waals surface area contributed by atoms with Gasteiger partial charge in [-0.2, -0.15) is 0 Å². The predicted molar refractivity (Wildman–Crippen MR) is 90.4 cm³/mol. The first kappa shape index (κ1) is 13.5. The van der Waals surface area contributed by atoms with Gasteiger partial charge < -0.3 is 9.88 Å². The van der Waals surface area contributed by atoms with Crippen molar-refractivity contribution in [3.63, 3.8) is 0 Å². The molecule has 3 aromatic rings. The highest BCUT2D eigenvalue weighted by Crippen LogP contribution is 2.36. The summed E-state index contributed by atoms with van der Waals surface area (Å²) in [7, 11) is 0. The number of hydrogen-bond donors (Lipinski definition) is 1. The lowest BCUT2D eigenvalue weighted by Gasteiger charge is -2.08. The van der Waals surface area contributed by atoms with Crippen LogP contribution in [0.2, 0.25) is 0 Å². The van der Waals surface area contributed by atoms with Crippen LogP contribution in [0.3, 0.4) is 0 Å². The molecule has 1 aliphatic rings. The Morgan fingerprint density at radius 3 is 2.70 bits per heavy atom. The number of benzene rings is 1. The summed E-state index contributed by atoms with van der Waals surface area (Å²) in [4.78, 5) is 12.8. The van der Waals surface area contributed by atoms with Crippen molar-refractivity contribution in [2.75, 3.05) is 11.9 Å². The summed E-state index contributed by atoms with van der Waals surface area (Å²) in [6.45, 7) is 10.8. The highest BCUT2D eigenvalue weighted by molar-refractivity contribution is 5.80. The standard InChI is InChI=1S/C18H15N5/c1-12-4-3-5-15(21-12)16-17(23-11-10-20-18(23)22-16)13-6-8-14(19-2)9-7-13/h3-9H,10-11H2,1H3,(H,20,22). The van der Waals surface area contributed by atoms with Crippen molar-refractivity contribution < 1.29 is 0 Å². The van der Waals surface area contributed by atoms with E-state index in [4.69, 9.17) is 11.6 Å². The topological polar surface area (TPSA) is 47.1 Å². The van der Waals surface area contributed by atoms with Crippen molar-refractivity contribution in [2.45, 2.75) is 13.5 Å². The fourth-order valence-electron chi connectivity index (χ4n) is 2.93. The number of aromatic nitrogens is 3. The van der Waals surface area contributed by atoms with Crippen LogP contribution < -0.4 is 5.32 Å². The summed E-state index contributed by atoms with van der Waals surface area (Å²) in [6, 6.07) is 13.6. The number of rotatable bonds is 2. The minimum atomic E-state index is 0.642. The molecule has 3 heterocycles. The van der Waals surface area contributed by atoms with Crippen LogP contribution in [0, 0.1) is 13.5 Å². The van der Waals surface area contributed by atoms with E-state index in [1.54, 1.807) is 0 Å². The molecule has 5 nitrogen and oxygen atoms in total. The Balaban J connectivity index is 1.92. The van der Waals surface area contributed by atoms with Crippen molar-refractivity contribution in [1.82, 2.24) is 14.5 Å². The van der Waals surface area contributed by atoms with Gasteiger partial charge in [-0.15, -0.1) is 0 Å². The van der Waals surface area contributed by atoms with Crippen LogP contribution >= 0.6 is 0 Å². The van der Waals surface area contributed by atoms with Crippen LogP contribution in [-0.4, -0.2) is 21.1 Å². The summed E-state index contributed by atoms with van der Waals surface area (Å²) in [5, 5.41) is 3.31. The Kier molecular flexibility index (Phi) is 3.09. The van der Waals surface area contributed by atoms with Gasteiger partial charge in [0, 0.05) is 18.8 Å². The van der Waals surface area contributed by atoms with Gasteiger partial charge in [0.1, 0.15) is 5.69 Å². The summed E-state index contributed by atoms with van der Waals surface area (Å²) in [5.74, 6) is 0.882. The summed E-state index contributed by atoms with van der Waals surface area (Å²) >= 11 is 0. The molecule has 2 aromatic heterocycles. The molecule has 0 fully saturated rings. The highest BCUT2D eigenvalue weighted by Gasteiger charge is 2.23. The third-order valence-electron chi connectivity index (χ3n) is 3.99. The van der Waals surface area contributed by atoms with E-state index in [0.717, 1.165) is 47.4 Å². The summed E-state index contributed by atoms with van der Waals surface area (Å²) < 4.78 is 2.19. The van der Waals surface area contributed by atoms with E-state index in [2.05, 4.69) is 19.7 Å². The minimum Gasteiger partial charge on any atom is -0.354 e. The van der Waals surface area contributed by atoms with Crippen molar-refractivity contribution in [2.24, 2.45) is 0 Å². The molecule has 5 heteroatoms. The van der Waals surface area contributed by atoms with E-state index >= 15 is 0 Å². The molecule has 0 spiro atoms. The van der Waals surface area contributed by atoms with E-state index in [0.29, 0.717) is 5.69 Å². The second kappa shape index (κ2) is 5.25. The second-order valence-corrected chi connectivity index (χ2v) is 5.53. The van der Waals surface area contributed by atoms with Gasteiger partial charge in [-0.1, -0.05) is 30.3 Å². The molecular weight excluding hydrogens is 286 g/mol. The Morgan fingerprint density at radius 2 is 1.96 bits per heavy atom. The lowest BCUT2D eigenvalue weighted by Crippen LogP contribution is -1.99. The average molecular weight is 301 g/mol. The largest absolute Gasteiger partial charge is 0.354 e. The van der Waals surface area contributed by atoms with Crippen LogP contribution in [0.25, 0.3) is 27.5 Å². The zero-order chi connectivity index (χ0) is 15.8. The number of imidazole rings is 1. The maximum Gasteiger partial charge on any atom is 0.204 e. The maximum absolute atomic E-state index is 7.10. The number of nitrogens with one attached hydrogen (secondary N) is 1. The Labute approximate surface area is 134 Å². The van der Waals surface area contributed by atoms with Crippen LogP contribution in [0.5, 0.6) is 0 Å². The van der Waals surface area contributed by atoms with Crippen LogP contribution in [0.4, 0.5) is 11.6 Å². The summed E-state index contributed by atoms with van der Waals surface area (Å²) in [5.41, 5.74) is 5.48. The van der Waals surface area contributed by atoms with Gasteiger partial charge in [-0.25, -0.2) is 9.83 Å². The molecule has 1 aliphatic heterocycles. The zero-order valence-electron chi connectivity index (χ0n) is 12.7. The van der Waals surface area contributed by atoms with Crippen LogP contribution in [0.15, 0.2) is 42.5 Å². The molecule has 0 unspecified atom stereocenters. The fraction of sp³-hybridized carbons (Fsp3) is 0.167. The number of hydrogen-bond acceptors (Lipinski definition) is 3. The first-order valence-electron chi connectivity index (χ1n) is 7.52. The lowest BCUT2D eigenvalue weighted by atomic mass is 10.1. The quantitative estimate of drug-likeness (QED) is 0.730. The Bertz CT molecular complexity index is 916. The van der Waals surface area contributed by atoms with Gasteiger partial charge in [0.25, 0.3) is 0 Å².